The summed E-state index contributed by atoms with van der Waals surface area (Å²) in [5.41, 5.74) is 0. The van der Waals surface area contributed by atoms with Crippen LogP contribution < -0.4 is 0 Å². The Bertz CT molecular complexity index is 177. The summed E-state index contributed by atoms with van der Waals surface area (Å²) in [4.78, 5) is 16.1. The van der Waals surface area contributed by atoms with Gasteiger partial charge in [0.2, 0.25) is 5.78 Å². The lowest BCUT2D eigenvalue weighted by atomic mass is 10.4. The zero-order valence-electron chi connectivity index (χ0n) is 6.55. The number of ketones is 1. The van der Waals surface area contributed by atoms with Gasteiger partial charge >= 0.3 is 0 Å². The smallest absolute Gasteiger partial charge is 0.273 e. The van der Waals surface area contributed by atoms with E-state index in [1.807, 2.05) is 0 Å². The van der Waals surface area contributed by atoms with E-state index < -0.39 is 0 Å². The van der Waals surface area contributed by atoms with Crippen molar-refractivity contribution in [2.75, 3.05) is 26.2 Å². The van der Waals surface area contributed by atoms with Crippen LogP contribution in [0, 0.1) is 6.57 Å². The standard InChI is InChI=1S/C8H12N2O/c1-9-6-8(11)7-10-4-2-3-5-10/h2-7H2. The highest BCUT2D eigenvalue weighted by Crippen LogP contribution is 2.06. The fourth-order valence-electron chi connectivity index (χ4n) is 1.33. The highest BCUT2D eigenvalue weighted by molar-refractivity contribution is 5.83. The van der Waals surface area contributed by atoms with Gasteiger partial charge in [-0.05, 0) is 25.9 Å². The van der Waals surface area contributed by atoms with E-state index >= 15 is 0 Å². The first-order valence-electron chi connectivity index (χ1n) is 3.90. The molecule has 1 rings (SSSR count). The number of likely N-dealkylation sites (tertiary alicyclic amines) is 1. The van der Waals surface area contributed by atoms with Gasteiger partial charge in [0.05, 0.1) is 6.54 Å². The number of carbonyl (C=O) groups excluding carboxylic acids is 1. The molecule has 3 heteroatoms. The second-order valence-electron chi connectivity index (χ2n) is 2.84. The molecule has 0 aromatic rings. The van der Waals surface area contributed by atoms with E-state index in [4.69, 9.17) is 6.57 Å². The van der Waals surface area contributed by atoms with Crippen molar-refractivity contribution in [3.8, 4) is 0 Å². The van der Waals surface area contributed by atoms with Gasteiger partial charge in [-0.1, -0.05) is 0 Å². The van der Waals surface area contributed by atoms with E-state index in [0.717, 1.165) is 13.1 Å². The molecule has 0 saturated carbocycles. The van der Waals surface area contributed by atoms with E-state index in [9.17, 15) is 4.79 Å². The topological polar surface area (TPSA) is 24.7 Å². The number of nitrogens with zero attached hydrogens (tertiary/aromatic N) is 2. The van der Waals surface area contributed by atoms with E-state index in [-0.39, 0.29) is 12.3 Å². The molecule has 1 saturated heterocycles. The van der Waals surface area contributed by atoms with Crippen LogP contribution in [0.5, 0.6) is 0 Å². The molecule has 0 aromatic heterocycles. The van der Waals surface area contributed by atoms with Gasteiger partial charge < -0.3 is 4.85 Å². The van der Waals surface area contributed by atoms with Gasteiger partial charge in [-0.2, -0.15) is 0 Å². The van der Waals surface area contributed by atoms with E-state index in [1.165, 1.54) is 12.8 Å². The van der Waals surface area contributed by atoms with Crippen molar-refractivity contribution in [1.29, 1.82) is 0 Å². The summed E-state index contributed by atoms with van der Waals surface area (Å²) in [6.07, 6.45) is 2.40. The molecule has 0 N–H and O–H groups in total. The van der Waals surface area contributed by atoms with Crippen LogP contribution in [-0.2, 0) is 4.79 Å². The zero-order valence-corrected chi connectivity index (χ0v) is 6.55. The van der Waals surface area contributed by atoms with Crippen molar-refractivity contribution in [3.63, 3.8) is 0 Å². The fraction of sp³-hybridized carbons (Fsp3) is 0.750. The molecule has 0 bridgehead atoms. The first-order chi connectivity index (χ1) is 5.33. The van der Waals surface area contributed by atoms with Crippen molar-refractivity contribution in [1.82, 2.24) is 4.90 Å². The minimum atomic E-state index is 0.0521. The van der Waals surface area contributed by atoms with Gasteiger partial charge in [0.25, 0.3) is 6.54 Å². The fourth-order valence-corrected chi connectivity index (χ4v) is 1.33. The summed E-state index contributed by atoms with van der Waals surface area (Å²) >= 11 is 0. The molecule has 0 aliphatic carbocycles. The Morgan fingerprint density at radius 2 is 2.09 bits per heavy atom. The number of Topliss-reactive ketones (excluding diaryl/α,β-unsaturated/α-hetero) is 1. The average molecular weight is 152 g/mol. The Morgan fingerprint density at radius 3 is 2.64 bits per heavy atom. The summed E-state index contributed by atoms with van der Waals surface area (Å²) in [7, 11) is 0. The molecule has 3 nitrogen and oxygen atoms in total. The third-order valence-electron chi connectivity index (χ3n) is 1.85. The molecule has 11 heavy (non-hydrogen) atoms. The van der Waals surface area contributed by atoms with Crippen LogP contribution in [0.1, 0.15) is 12.8 Å². The monoisotopic (exact) mass is 152 g/mol. The highest BCUT2D eigenvalue weighted by atomic mass is 16.1. The number of hydrogen-bond acceptors (Lipinski definition) is 2. The van der Waals surface area contributed by atoms with Crippen molar-refractivity contribution < 1.29 is 4.79 Å². The number of hydrogen-bond donors (Lipinski definition) is 0. The summed E-state index contributed by atoms with van der Waals surface area (Å²) in [6.45, 7) is 9.10. The van der Waals surface area contributed by atoms with Crippen LogP contribution in [0.15, 0.2) is 0 Å². The molecule has 1 aliphatic rings. The predicted octanol–water partition coefficient (Wildman–Crippen LogP) is 0.571. The number of rotatable bonds is 3. The molecule has 0 amide bonds. The minimum absolute atomic E-state index is 0.0521. The van der Waals surface area contributed by atoms with Gasteiger partial charge in [0.1, 0.15) is 0 Å². The highest BCUT2D eigenvalue weighted by Gasteiger charge is 2.15. The van der Waals surface area contributed by atoms with Crippen LogP contribution in [-0.4, -0.2) is 36.9 Å². The van der Waals surface area contributed by atoms with Gasteiger partial charge in [-0.3, -0.25) is 9.69 Å². The number of carbonyl (C=O) groups is 1. The van der Waals surface area contributed by atoms with Crippen molar-refractivity contribution in [3.05, 3.63) is 11.4 Å². The lowest BCUT2D eigenvalue weighted by Gasteiger charge is -2.10. The maximum absolute atomic E-state index is 10.9. The van der Waals surface area contributed by atoms with Crippen LogP contribution in [0.4, 0.5) is 0 Å². The second kappa shape index (κ2) is 4.09. The first-order valence-corrected chi connectivity index (χ1v) is 3.90. The molecule has 0 radical (unpaired) electrons. The third kappa shape index (κ3) is 2.69. The summed E-state index contributed by atoms with van der Waals surface area (Å²) in [6, 6.07) is 0. The van der Waals surface area contributed by atoms with Crippen molar-refractivity contribution in [2.24, 2.45) is 0 Å². The van der Waals surface area contributed by atoms with E-state index in [0.29, 0.717) is 6.54 Å². The largest absolute Gasteiger partial charge is 0.308 e. The third-order valence-corrected chi connectivity index (χ3v) is 1.85. The molecular weight excluding hydrogens is 140 g/mol. The molecule has 1 aliphatic heterocycles. The SMILES string of the molecule is [C-]#[N+]CC(=O)CN1CCCC1. The zero-order chi connectivity index (χ0) is 8.10. The normalized spacial score (nSPS) is 18.1. The maximum atomic E-state index is 10.9. The minimum Gasteiger partial charge on any atom is -0.308 e. The van der Waals surface area contributed by atoms with Crippen molar-refractivity contribution in [2.45, 2.75) is 12.8 Å². The summed E-state index contributed by atoms with van der Waals surface area (Å²) < 4.78 is 0. The molecule has 0 atom stereocenters. The Hall–Kier alpha value is -0.880. The quantitative estimate of drug-likeness (QED) is 0.552. The molecule has 1 heterocycles. The van der Waals surface area contributed by atoms with Crippen LogP contribution in [0.25, 0.3) is 4.85 Å². The van der Waals surface area contributed by atoms with Crippen LogP contribution in [0.2, 0.25) is 0 Å². The van der Waals surface area contributed by atoms with Crippen LogP contribution >= 0.6 is 0 Å². The Kier molecular flexibility index (Phi) is 3.06. The summed E-state index contributed by atoms with van der Waals surface area (Å²) in [5.74, 6) is 0.0573. The van der Waals surface area contributed by atoms with Gasteiger partial charge in [0.15, 0.2) is 0 Å². The Balaban J connectivity index is 2.19. The summed E-state index contributed by atoms with van der Waals surface area (Å²) in [5, 5.41) is 0. The van der Waals surface area contributed by atoms with Gasteiger partial charge in [0, 0.05) is 0 Å². The molecule has 0 unspecified atom stereocenters. The maximum Gasteiger partial charge on any atom is 0.273 e. The van der Waals surface area contributed by atoms with Gasteiger partial charge in [-0.25, -0.2) is 6.57 Å². The second-order valence-corrected chi connectivity index (χ2v) is 2.84. The molecule has 60 valence electrons. The lowest BCUT2D eigenvalue weighted by molar-refractivity contribution is -0.118. The Morgan fingerprint density at radius 1 is 1.45 bits per heavy atom. The predicted molar refractivity (Wildman–Crippen MR) is 42.2 cm³/mol. The van der Waals surface area contributed by atoms with E-state index in [2.05, 4.69) is 9.74 Å². The molecule has 0 aromatic carbocycles. The average Bonchev–Trinajstić information content (AvgIpc) is 2.40. The molecule has 1 fully saturated rings. The van der Waals surface area contributed by atoms with Crippen molar-refractivity contribution >= 4 is 5.78 Å². The molecule has 0 spiro atoms. The molecular formula is C8H12N2O. The van der Waals surface area contributed by atoms with Gasteiger partial charge in [-0.15, -0.1) is 0 Å². The van der Waals surface area contributed by atoms with Crippen LogP contribution in [0.3, 0.4) is 0 Å². The lowest BCUT2D eigenvalue weighted by Crippen LogP contribution is -2.27. The Labute approximate surface area is 66.8 Å². The van der Waals surface area contributed by atoms with E-state index in [1.54, 1.807) is 0 Å². The first kappa shape index (κ1) is 8.22.